The fraction of sp³-hybridized carbons (Fsp3) is 0.375. The van der Waals surface area contributed by atoms with E-state index in [1.165, 1.54) is 27.7 Å². The Morgan fingerprint density at radius 2 is 2.25 bits per heavy atom. The Labute approximate surface area is 119 Å². The summed E-state index contributed by atoms with van der Waals surface area (Å²) in [5, 5.41) is 3.00. The van der Waals surface area contributed by atoms with Gasteiger partial charge in [-0.15, -0.1) is 0 Å². The van der Waals surface area contributed by atoms with Crippen LogP contribution in [0.1, 0.15) is 29.2 Å². The predicted octanol–water partition coefficient (Wildman–Crippen LogP) is 1.74. The molecule has 0 heterocycles. The minimum absolute atomic E-state index is 0.0581. The van der Waals surface area contributed by atoms with Crippen molar-refractivity contribution in [3.05, 3.63) is 47.5 Å². The van der Waals surface area contributed by atoms with Gasteiger partial charge in [0.25, 0.3) is 0 Å². The number of aryl methyl sites for hydroxylation is 2. The van der Waals surface area contributed by atoms with Gasteiger partial charge in [0.2, 0.25) is 11.8 Å². The number of hydrogen-bond acceptors (Lipinski definition) is 2. The van der Waals surface area contributed by atoms with Gasteiger partial charge in [0, 0.05) is 7.05 Å². The lowest BCUT2D eigenvalue weighted by Gasteiger charge is -2.18. The summed E-state index contributed by atoms with van der Waals surface area (Å²) < 4.78 is 0. The monoisotopic (exact) mass is 272 g/mol. The molecule has 1 N–H and O–H groups in total. The van der Waals surface area contributed by atoms with Crippen LogP contribution in [0.3, 0.4) is 0 Å². The lowest BCUT2D eigenvalue weighted by atomic mass is 10.1. The first-order chi connectivity index (χ1) is 9.51. The molecule has 0 aliphatic heterocycles. The number of nitrogens with zero attached hydrogens (tertiary/aromatic N) is 1. The van der Waals surface area contributed by atoms with Gasteiger partial charge in [-0.1, -0.05) is 30.3 Å². The molecule has 0 spiro atoms. The molecule has 0 fully saturated rings. The molecule has 1 aliphatic rings. The molecule has 20 heavy (non-hydrogen) atoms. The van der Waals surface area contributed by atoms with E-state index in [1.54, 1.807) is 7.05 Å². The highest BCUT2D eigenvalue weighted by atomic mass is 16.2. The van der Waals surface area contributed by atoms with Crippen molar-refractivity contribution in [2.45, 2.75) is 25.8 Å². The zero-order valence-electron chi connectivity index (χ0n) is 12.0. The van der Waals surface area contributed by atoms with E-state index >= 15 is 0 Å². The van der Waals surface area contributed by atoms with Crippen LogP contribution in [0, 0.1) is 6.92 Å². The smallest absolute Gasteiger partial charge is 0.246 e. The number of carbonyl (C=O) groups excluding carboxylic acids is 2. The first-order valence-corrected chi connectivity index (χ1v) is 6.77. The van der Waals surface area contributed by atoms with E-state index < -0.39 is 0 Å². The van der Waals surface area contributed by atoms with E-state index in [9.17, 15) is 9.59 Å². The summed E-state index contributed by atoms with van der Waals surface area (Å²) in [6, 6.07) is 6.39. The molecule has 2 amide bonds. The fourth-order valence-corrected chi connectivity index (χ4v) is 2.59. The summed E-state index contributed by atoms with van der Waals surface area (Å²) in [5.41, 5.74) is 3.75. The molecule has 1 aromatic rings. The quantitative estimate of drug-likeness (QED) is 0.849. The first-order valence-electron chi connectivity index (χ1n) is 6.77. The number of rotatable bonds is 4. The molecule has 2 rings (SSSR count). The van der Waals surface area contributed by atoms with Crippen molar-refractivity contribution in [2.24, 2.45) is 0 Å². The standard InChI is InChI=1S/C16H20N2O2/c1-4-16(20)18(3)10-15(19)17-14-8-6-12-9-11(2)5-7-13(12)14/h4-5,7,9,14H,1,6,8,10H2,2-3H3,(H,17,19). The molecule has 106 valence electrons. The SMILES string of the molecule is C=CC(=O)N(C)CC(=O)NC1CCc2cc(C)ccc21. The summed E-state index contributed by atoms with van der Waals surface area (Å²) >= 11 is 0. The largest absolute Gasteiger partial charge is 0.348 e. The van der Waals surface area contributed by atoms with E-state index in [1.807, 2.05) is 0 Å². The molecule has 1 atom stereocenters. The van der Waals surface area contributed by atoms with Crippen molar-refractivity contribution in [1.82, 2.24) is 10.2 Å². The van der Waals surface area contributed by atoms with Crippen LogP contribution < -0.4 is 5.32 Å². The van der Waals surface area contributed by atoms with Crippen molar-refractivity contribution in [3.8, 4) is 0 Å². The molecule has 0 aromatic heterocycles. The summed E-state index contributed by atoms with van der Waals surface area (Å²) in [4.78, 5) is 24.7. The minimum atomic E-state index is -0.248. The van der Waals surface area contributed by atoms with E-state index in [4.69, 9.17) is 0 Å². The second-order valence-electron chi connectivity index (χ2n) is 5.26. The topological polar surface area (TPSA) is 49.4 Å². The Kier molecular flexibility index (Phi) is 4.23. The highest BCUT2D eigenvalue weighted by Gasteiger charge is 2.24. The second-order valence-corrected chi connectivity index (χ2v) is 5.26. The van der Waals surface area contributed by atoms with Gasteiger partial charge in [0.05, 0.1) is 12.6 Å². The van der Waals surface area contributed by atoms with Gasteiger partial charge in [-0.05, 0) is 37.0 Å². The number of hydrogen-bond donors (Lipinski definition) is 1. The van der Waals surface area contributed by atoms with Gasteiger partial charge in [0.15, 0.2) is 0 Å². The van der Waals surface area contributed by atoms with Gasteiger partial charge in [-0.25, -0.2) is 0 Å². The average Bonchev–Trinajstić information content (AvgIpc) is 2.79. The molecule has 0 saturated heterocycles. The van der Waals surface area contributed by atoms with Gasteiger partial charge in [-0.2, -0.15) is 0 Å². The van der Waals surface area contributed by atoms with Crippen LogP contribution in [0.2, 0.25) is 0 Å². The molecule has 0 radical (unpaired) electrons. The summed E-state index contributed by atoms with van der Waals surface area (Å²) in [6.07, 6.45) is 3.12. The van der Waals surface area contributed by atoms with Crippen LogP contribution in [-0.2, 0) is 16.0 Å². The maximum Gasteiger partial charge on any atom is 0.246 e. The van der Waals surface area contributed by atoms with E-state index in [-0.39, 0.29) is 24.4 Å². The second kappa shape index (κ2) is 5.90. The molecule has 1 unspecified atom stereocenters. The number of fused-ring (bicyclic) bond motifs is 1. The van der Waals surface area contributed by atoms with Crippen LogP contribution >= 0.6 is 0 Å². The fourth-order valence-electron chi connectivity index (χ4n) is 2.59. The third-order valence-corrected chi connectivity index (χ3v) is 3.64. The Balaban J connectivity index is 1.97. The average molecular weight is 272 g/mol. The van der Waals surface area contributed by atoms with E-state index in [0.717, 1.165) is 12.8 Å². The molecule has 0 saturated carbocycles. The highest BCUT2D eigenvalue weighted by Crippen LogP contribution is 2.31. The van der Waals surface area contributed by atoms with Gasteiger partial charge >= 0.3 is 0 Å². The molecule has 4 heteroatoms. The molecular weight excluding hydrogens is 252 g/mol. The van der Waals surface area contributed by atoms with E-state index in [2.05, 4.69) is 37.0 Å². The van der Waals surface area contributed by atoms with Gasteiger partial charge in [-0.3, -0.25) is 9.59 Å². The third kappa shape index (κ3) is 3.07. The number of amides is 2. The van der Waals surface area contributed by atoms with Crippen LogP contribution in [0.4, 0.5) is 0 Å². The van der Waals surface area contributed by atoms with Crippen LogP contribution in [0.5, 0.6) is 0 Å². The van der Waals surface area contributed by atoms with Crippen LogP contribution in [0.25, 0.3) is 0 Å². The molecule has 1 aromatic carbocycles. The van der Waals surface area contributed by atoms with Crippen LogP contribution in [0.15, 0.2) is 30.9 Å². The van der Waals surface area contributed by atoms with Crippen molar-refractivity contribution < 1.29 is 9.59 Å². The Hall–Kier alpha value is -2.10. The Morgan fingerprint density at radius 3 is 2.95 bits per heavy atom. The van der Waals surface area contributed by atoms with E-state index in [0.29, 0.717) is 0 Å². The lowest BCUT2D eigenvalue weighted by Crippen LogP contribution is -2.38. The summed E-state index contributed by atoms with van der Waals surface area (Å²) in [7, 11) is 1.59. The third-order valence-electron chi connectivity index (χ3n) is 3.64. The summed E-state index contributed by atoms with van der Waals surface area (Å²) in [6.45, 7) is 5.54. The Morgan fingerprint density at radius 1 is 1.50 bits per heavy atom. The normalized spacial score (nSPS) is 16.4. The van der Waals surface area contributed by atoms with Gasteiger partial charge < -0.3 is 10.2 Å². The zero-order valence-corrected chi connectivity index (χ0v) is 12.0. The molecular formula is C16H20N2O2. The number of likely N-dealkylation sites (N-methyl/N-ethyl adjacent to an activating group) is 1. The zero-order chi connectivity index (χ0) is 14.7. The minimum Gasteiger partial charge on any atom is -0.348 e. The maximum absolute atomic E-state index is 12.0. The predicted molar refractivity (Wildman–Crippen MR) is 78.2 cm³/mol. The van der Waals surface area contributed by atoms with Crippen molar-refractivity contribution in [1.29, 1.82) is 0 Å². The number of nitrogens with one attached hydrogen (secondary N) is 1. The molecule has 4 nitrogen and oxygen atoms in total. The highest BCUT2D eigenvalue weighted by molar-refractivity contribution is 5.90. The van der Waals surface area contributed by atoms with Gasteiger partial charge in [0.1, 0.15) is 0 Å². The Bertz CT molecular complexity index is 551. The van der Waals surface area contributed by atoms with Crippen LogP contribution in [-0.4, -0.2) is 30.3 Å². The number of carbonyl (C=O) groups is 2. The molecule has 0 bridgehead atoms. The van der Waals surface area contributed by atoms with Crippen molar-refractivity contribution in [3.63, 3.8) is 0 Å². The van der Waals surface area contributed by atoms with Crippen molar-refractivity contribution in [2.75, 3.05) is 13.6 Å². The molecule has 1 aliphatic carbocycles. The van der Waals surface area contributed by atoms with Crippen molar-refractivity contribution >= 4 is 11.8 Å². The number of benzene rings is 1. The lowest BCUT2D eigenvalue weighted by molar-refractivity contribution is -0.131. The summed E-state index contributed by atoms with van der Waals surface area (Å²) in [5.74, 6) is -0.385. The maximum atomic E-state index is 12.0. The first kappa shape index (κ1) is 14.3.